The molecular formula is C60H109N2O6P. The van der Waals surface area contributed by atoms with Crippen molar-refractivity contribution in [3.8, 4) is 0 Å². The lowest BCUT2D eigenvalue weighted by atomic mass is 10.0. The molecule has 0 aromatic rings. The van der Waals surface area contributed by atoms with Gasteiger partial charge in [-0.15, -0.1) is 0 Å². The van der Waals surface area contributed by atoms with Crippen molar-refractivity contribution in [2.45, 2.75) is 251 Å². The van der Waals surface area contributed by atoms with Gasteiger partial charge in [-0.05, 0) is 77.0 Å². The summed E-state index contributed by atoms with van der Waals surface area (Å²) in [4.78, 5) is 25.5. The van der Waals surface area contributed by atoms with Crippen LogP contribution in [0.5, 0.6) is 0 Å². The van der Waals surface area contributed by atoms with Gasteiger partial charge in [-0.1, -0.05) is 240 Å². The maximum Gasteiger partial charge on any atom is 0.268 e. The van der Waals surface area contributed by atoms with Gasteiger partial charge >= 0.3 is 0 Å². The Morgan fingerprint density at radius 2 is 0.899 bits per heavy atom. The monoisotopic (exact) mass is 985 g/mol. The SMILES string of the molecule is CC/C=C\C/C=C\C/C=C\C/C=C\C/C=C\CCCCCCCCCCCC(=O)NC(COP(=O)([O-])OCC[N+](C)(C)C)C(O)/C=C/CC/C=C/CCCCCCCCCCCCCCCCCC. The lowest BCUT2D eigenvalue weighted by Gasteiger charge is -2.29. The fourth-order valence-corrected chi connectivity index (χ4v) is 8.62. The molecule has 400 valence electrons. The summed E-state index contributed by atoms with van der Waals surface area (Å²) >= 11 is 0. The van der Waals surface area contributed by atoms with Crippen LogP contribution in [0, 0.1) is 0 Å². The molecule has 0 bridgehead atoms. The summed E-state index contributed by atoms with van der Waals surface area (Å²) in [5.74, 6) is -0.215. The summed E-state index contributed by atoms with van der Waals surface area (Å²) in [6, 6.07) is -0.913. The maximum atomic E-state index is 13.0. The first kappa shape index (κ1) is 66.7. The van der Waals surface area contributed by atoms with Crippen LogP contribution >= 0.6 is 7.82 Å². The number of phosphoric acid groups is 1. The van der Waals surface area contributed by atoms with Crippen LogP contribution in [0.2, 0.25) is 0 Å². The van der Waals surface area contributed by atoms with Crippen LogP contribution in [0.1, 0.15) is 239 Å². The van der Waals surface area contributed by atoms with Gasteiger partial charge in [0.1, 0.15) is 13.2 Å². The molecule has 0 aromatic heterocycles. The molecule has 0 aromatic carbocycles. The van der Waals surface area contributed by atoms with E-state index in [4.69, 9.17) is 9.05 Å². The molecule has 0 aliphatic rings. The number of phosphoric ester groups is 1. The van der Waals surface area contributed by atoms with E-state index < -0.39 is 26.6 Å². The fraction of sp³-hybridized carbons (Fsp3) is 0.750. The third-order valence-corrected chi connectivity index (χ3v) is 13.3. The number of likely N-dealkylation sites (N-methyl/N-ethyl adjacent to an activating group) is 1. The van der Waals surface area contributed by atoms with Crippen molar-refractivity contribution in [3.63, 3.8) is 0 Å². The fourth-order valence-electron chi connectivity index (χ4n) is 7.90. The first-order valence-corrected chi connectivity index (χ1v) is 29.9. The number of quaternary nitrogens is 1. The van der Waals surface area contributed by atoms with Crippen molar-refractivity contribution in [3.05, 3.63) is 85.1 Å². The normalized spacial score (nSPS) is 14.6. The molecule has 0 radical (unpaired) electrons. The molecule has 0 saturated carbocycles. The molecule has 2 N–H and O–H groups in total. The van der Waals surface area contributed by atoms with Gasteiger partial charge in [-0.25, -0.2) is 0 Å². The van der Waals surface area contributed by atoms with E-state index in [1.54, 1.807) is 6.08 Å². The highest BCUT2D eigenvalue weighted by Crippen LogP contribution is 2.38. The Morgan fingerprint density at radius 3 is 1.35 bits per heavy atom. The summed E-state index contributed by atoms with van der Waals surface area (Å²) < 4.78 is 23.3. The van der Waals surface area contributed by atoms with Gasteiger partial charge in [-0.3, -0.25) is 9.36 Å². The second kappa shape index (κ2) is 50.6. The molecule has 3 atom stereocenters. The number of allylic oxidation sites excluding steroid dienone is 13. The van der Waals surface area contributed by atoms with E-state index in [1.165, 1.54) is 135 Å². The van der Waals surface area contributed by atoms with E-state index in [1.807, 2.05) is 27.2 Å². The minimum atomic E-state index is -4.61. The number of aliphatic hydroxyl groups excluding tert-OH is 1. The highest BCUT2D eigenvalue weighted by Gasteiger charge is 2.23. The molecule has 8 nitrogen and oxygen atoms in total. The highest BCUT2D eigenvalue weighted by molar-refractivity contribution is 7.45. The third kappa shape index (κ3) is 53.3. The van der Waals surface area contributed by atoms with Gasteiger partial charge in [0.25, 0.3) is 7.82 Å². The van der Waals surface area contributed by atoms with E-state index in [0.717, 1.165) is 83.5 Å². The molecule has 3 unspecified atom stereocenters. The van der Waals surface area contributed by atoms with Crippen LogP contribution in [0.15, 0.2) is 85.1 Å². The van der Waals surface area contributed by atoms with Gasteiger partial charge in [0, 0.05) is 6.42 Å². The van der Waals surface area contributed by atoms with E-state index in [0.29, 0.717) is 17.4 Å². The summed E-state index contributed by atoms with van der Waals surface area (Å²) in [5, 5.41) is 13.9. The van der Waals surface area contributed by atoms with Gasteiger partial charge in [-0.2, -0.15) is 0 Å². The molecule has 0 fully saturated rings. The summed E-state index contributed by atoms with van der Waals surface area (Å²) in [6.07, 6.45) is 70.8. The highest BCUT2D eigenvalue weighted by atomic mass is 31.2. The standard InChI is InChI=1S/C60H109N2O6P/c1-6-8-10-12-14-16-18-20-22-24-26-28-30-31-32-34-36-38-40-42-44-46-48-50-52-54-60(64)61-58(57-68-69(65,66)67-56-55-62(3,4)5)59(63)53-51-49-47-45-43-41-39-37-35-33-29-27-25-23-21-19-17-15-13-11-9-7-2/h8,10,14,16,20,22,26,28,31-32,43,45,51,53,58-59,63H,6-7,9,11-13,15,17-19,21,23-25,27,29-30,33-42,44,46-50,52,54-57H2,1-5H3,(H-,61,64,65,66)/b10-8-,16-14-,22-20-,28-26-,32-31-,45-43+,53-51+. The van der Waals surface area contributed by atoms with Crippen LogP contribution < -0.4 is 10.2 Å². The average molecular weight is 986 g/mol. The smallest absolute Gasteiger partial charge is 0.268 e. The number of carbonyl (C=O) groups excluding carboxylic acids is 1. The van der Waals surface area contributed by atoms with Gasteiger partial charge in [0.05, 0.1) is 39.9 Å². The lowest BCUT2D eigenvalue weighted by molar-refractivity contribution is -0.870. The first-order chi connectivity index (χ1) is 33.5. The number of carbonyl (C=O) groups is 1. The number of rotatable bonds is 51. The zero-order chi connectivity index (χ0) is 50.6. The van der Waals surface area contributed by atoms with E-state index in [9.17, 15) is 19.4 Å². The van der Waals surface area contributed by atoms with Crippen molar-refractivity contribution < 1.29 is 32.9 Å². The van der Waals surface area contributed by atoms with Crippen LogP contribution in [0.3, 0.4) is 0 Å². The summed E-state index contributed by atoms with van der Waals surface area (Å²) in [7, 11) is 1.23. The maximum absolute atomic E-state index is 13.0. The van der Waals surface area contributed by atoms with Gasteiger partial charge in [0.15, 0.2) is 0 Å². The van der Waals surface area contributed by atoms with Crippen molar-refractivity contribution in [2.75, 3.05) is 40.9 Å². The van der Waals surface area contributed by atoms with Crippen LogP contribution in [0.25, 0.3) is 0 Å². The number of aliphatic hydroxyl groups is 1. The minimum Gasteiger partial charge on any atom is -0.756 e. The second-order valence-corrected chi connectivity index (χ2v) is 21.7. The molecule has 9 heteroatoms. The number of nitrogens with zero attached hydrogens (tertiary/aromatic N) is 1. The minimum absolute atomic E-state index is 0.0113. The Hall–Kier alpha value is -2.32. The molecule has 0 saturated heterocycles. The Balaban J connectivity index is 4.30. The Bertz CT molecular complexity index is 1400. The zero-order valence-corrected chi connectivity index (χ0v) is 46.4. The molecule has 69 heavy (non-hydrogen) atoms. The predicted octanol–water partition coefficient (Wildman–Crippen LogP) is 16.6. The van der Waals surface area contributed by atoms with Crippen LogP contribution in [0.4, 0.5) is 0 Å². The second-order valence-electron chi connectivity index (χ2n) is 20.3. The molecular weight excluding hydrogens is 876 g/mol. The summed E-state index contributed by atoms with van der Waals surface area (Å²) in [5.41, 5.74) is 0. The number of unbranched alkanes of at least 4 members (excludes halogenated alkanes) is 26. The Labute approximate surface area is 426 Å². The number of amides is 1. The van der Waals surface area contributed by atoms with Crippen molar-refractivity contribution in [2.24, 2.45) is 0 Å². The molecule has 0 heterocycles. The van der Waals surface area contributed by atoms with Crippen molar-refractivity contribution >= 4 is 13.7 Å². The van der Waals surface area contributed by atoms with E-state index in [2.05, 4.69) is 92.1 Å². The summed E-state index contributed by atoms with van der Waals surface area (Å²) in [6.45, 7) is 4.52. The lowest BCUT2D eigenvalue weighted by Crippen LogP contribution is -2.45. The van der Waals surface area contributed by atoms with Crippen molar-refractivity contribution in [1.29, 1.82) is 0 Å². The molecule has 1 amide bonds. The third-order valence-electron chi connectivity index (χ3n) is 12.3. The van der Waals surface area contributed by atoms with Gasteiger partial charge < -0.3 is 28.8 Å². The average Bonchev–Trinajstić information content (AvgIpc) is 3.31. The molecule has 0 rings (SSSR count). The first-order valence-electron chi connectivity index (χ1n) is 28.4. The quantitative estimate of drug-likeness (QED) is 0.0272. The number of hydrogen-bond donors (Lipinski definition) is 2. The molecule has 0 spiro atoms. The number of hydrogen-bond acceptors (Lipinski definition) is 6. The van der Waals surface area contributed by atoms with E-state index >= 15 is 0 Å². The topological polar surface area (TPSA) is 108 Å². The molecule has 0 aliphatic carbocycles. The molecule has 0 aliphatic heterocycles. The van der Waals surface area contributed by atoms with Crippen molar-refractivity contribution in [1.82, 2.24) is 5.32 Å². The van der Waals surface area contributed by atoms with Crippen LogP contribution in [-0.4, -0.2) is 68.5 Å². The van der Waals surface area contributed by atoms with Crippen LogP contribution in [-0.2, 0) is 18.4 Å². The zero-order valence-electron chi connectivity index (χ0n) is 45.5. The Kier molecular flexibility index (Phi) is 48.9. The number of nitrogens with one attached hydrogen (secondary N) is 1. The Morgan fingerprint density at radius 1 is 0.522 bits per heavy atom. The predicted molar refractivity (Wildman–Crippen MR) is 297 cm³/mol. The largest absolute Gasteiger partial charge is 0.756 e. The van der Waals surface area contributed by atoms with E-state index in [-0.39, 0.29) is 12.5 Å². The van der Waals surface area contributed by atoms with Gasteiger partial charge in [0.2, 0.25) is 5.91 Å².